The molecule has 0 N–H and O–H groups in total. The van der Waals surface area contributed by atoms with Gasteiger partial charge in [-0.25, -0.2) is 4.79 Å². The predicted octanol–water partition coefficient (Wildman–Crippen LogP) is 2.31. The summed E-state index contributed by atoms with van der Waals surface area (Å²) >= 11 is 0. The number of fused-ring (bicyclic) bond motifs is 1. The molecule has 1 aromatic heterocycles. The number of benzene rings is 1. The smallest absolute Gasteiger partial charge is 0.408 e. The Balaban J connectivity index is 2.62. The monoisotopic (exact) mass is 233 g/mol. The van der Waals surface area contributed by atoms with Crippen molar-refractivity contribution in [2.75, 3.05) is 0 Å². The van der Waals surface area contributed by atoms with E-state index in [0.717, 1.165) is 11.1 Å². The van der Waals surface area contributed by atoms with Crippen LogP contribution in [0.3, 0.4) is 0 Å². The second kappa shape index (κ2) is 4.20. The van der Waals surface area contributed by atoms with Gasteiger partial charge in [0, 0.05) is 12.5 Å². The Hall–Kier alpha value is -1.84. The lowest BCUT2D eigenvalue weighted by Crippen LogP contribution is -2.16. The standard InChI is InChI=1S/C13H15NO3/c1-8(2)14-11-7-10(6-9(3)15)4-5-12(11)17-13(14)16/h4-5,7-8H,6H2,1-3H3. The molecule has 0 aliphatic rings. The number of nitrogens with zero attached hydrogens (tertiary/aromatic N) is 1. The zero-order valence-corrected chi connectivity index (χ0v) is 10.2. The number of aromatic nitrogens is 1. The molecule has 0 aliphatic carbocycles. The van der Waals surface area contributed by atoms with Gasteiger partial charge in [0.25, 0.3) is 0 Å². The van der Waals surface area contributed by atoms with Crippen molar-refractivity contribution >= 4 is 16.9 Å². The lowest BCUT2D eigenvalue weighted by Gasteiger charge is -2.06. The van der Waals surface area contributed by atoms with E-state index < -0.39 is 0 Å². The number of hydrogen-bond donors (Lipinski definition) is 0. The lowest BCUT2D eigenvalue weighted by molar-refractivity contribution is -0.116. The van der Waals surface area contributed by atoms with Crippen LogP contribution in [-0.4, -0.2) is 10.4 Å². The van der Waals surface area contributed by atoms with Crippen LogP contribution in [-0.2, 0) is 11.2 Å². The fraction of sp³-hybridized carbons (Fsp3) is 0.385. The summed E-state index contributed by atoms with van der Waals surface area (Å²) in [5.74, 6) is -0.249. The fourth-order valence-electron chi connectivity index (χ4n) is 1.97. The van der Waals surface area contributed by atoms with E-state index in [1.165, 1.54) is 0 Å². The minimum absolute atomic E-state index is 0.0383. The molecule has 0 saturated heterocycles. The first-order chi connectivity index (χ1) is 7.99. The molecule has 90 valence electrons. The largest absolute Gasteiger partial charge is 0.420 e. The third kappa shape index (κ3) is 2.16. The van der Waals surface area contributed by atoms with Gasteiger partial charge in [0.05, 0.1) is 5.52 Å². The topological polar surface area (TPSA) is 52.2 Å². The lowest BCUT2D eigenvalue weighted by atomic mass is 10.1. The Morgan fingerprint density at radius 1 is 1.41 bits per heavy atom. The highest BCUT2D eigenvalue weighted by molar-refractivity contribution is 5.80. The summed E-state index contributed by atoms with van der Waals surface area (Å²) in [7, 11) is 0. The molecular weight excluding hydrogens is 218 g/mol. The first-order valence-electron chi connectivity index (χ1n) is 5.62. The van der Waals surface area contributed by atoms with Crippen LogP contribution >= 0.6 is 0 Å². The molecule has 17 heavy (non-hydrogen) atoms. The van der Waals surface area contributed by atoms with E-state index in [0.29, 0.717) is 12.0 Å². The average Bonchev–Trinajstić information content (AvgIpc) is 2.52. The number of ketones is 1. The van der Waals surface area contributed by atoms with Crippen LogP contribution in [0.1, 0.15) is 32.4 Å². The van der Waals surface area contributed by atoms with Gasteiger partial charge in [-0.3, -0.25) is 9.36 Å². The molecule has 0 unspecified atom stereocenters. The number of rotatable bonds is 3. The first-order valence-corrected chi connectivity index (χ1v) is 5.62. The van der Waals surface area contributed by atoms with Gasteiger partial charge in [-0.2, -0.15) is 0 Å². The molecule has 0 saturated carbocycles. The zero-order valence-electron chi connectivity index (χ0n) is 10.2. The minimum Gasteiger partial charge on any atom is -0.408 e. The molecular formula is C13H15NO3. The molecule has 0 aliphatic heterocycles. The quantitative estimate of drug-likeness (QED) is 0.817. The van der Waals surface area contributed by atoms with Gasteiger partial charge >= 0.3 is 5.76 Å². The van der Waals surface area contributed by atoms with Gasteiger partial charge < -0.3 is 4.42 Å². The van der Waals surface area contributed by atoms with Crippen molar-refractivity contribution in [1.82, 2.24) is 4.57 Å². The van der Waals surface area contributed by atoms with Crippen LogP contribution in [0.15, 0.2) is 27.4 Å². The molecule has 0 atom stereocenters. The van der Waals surface area contributed by atoms with Crippen LogP contribution in [0.25, 0.3) is 11.1 Å². The second-order valence-corrected chi connectivity index (χ2v) is 4.51. The molecule has 2 aromatic rings. The van der Waals surface area contributed by atoms with Crippen LogP contribution < -0.4 is 5.76 Å². The van der Waals surface area contributed by atoms with Gasteiger partial charge in [0.15, 0.2) is 5.58 Å². The Kier molecular flexibility index (Phi) is 2.88. The number of Topliss-reactive ketones (excluding diaryl/α,β-unsaturated/α-hetero) is 1. The summed E-state index contributed by atoms with van der Waals surface area (Å²) in [5.41, 5.74) is 2.22. The van der Waals surface area contributed by atoms with E-state index in [-0.39, 0.29) is 17.6 Å². The Bertz CT molecular complexity index is 619. The van der Waals surface area contributed by atoms with Crippen LogP contribution in [0.5, 0.6) is 0 Å². The minimum atomic E-state index is -0.352. The second-order valence-electron chi connectivity index (χ2n) is 4.51. The summed E-state index contributed by atoms with van der Waals surface area (Å²) in [6.45, 7) is 5.40. The highest BCUT2D eigenvalue weighted by Crippen LogP contribution is 2.18. The zero-order chi connectivity index (χ0) is 12.6. The Labute approximate surface area is 98.8 Å². The van der Waals surface area contributed by atoms with Crippen LogP contribution in [0, 0.1) is 0 Å². The number of oxazole rings is 1. The Morgan fingerprint density at radius 3 is 2.71 bits per heavy atom. The Morgan fingerprint density at radius 2 is 2.12 bits per heavy atom. The van der Waals surface area contributed by atoms with Crippen molar-refractivity contribution in [3.8, 4) is 0 Å². The highest BCUT2D eigenvalue weighted by atomic mass is 16.4. The normalized spacial score (nSPS) is 11.3. The van der Waals surface area contributed by atoms with Gasteiger partial charge in [0.2, 0.25) is 0 Å². The molecule has 0 bridgehead atoms. The highest BCUT2D eigenvalue weighted by Gasteiger charge is 2.12. The third-order valence-electron chi connectivity index (χ3n) is 2.65. The number of carbonyl (C=O) groups excluding carboxylic acids is 1. The van der Waals surface area contributed by atoms with E-state index in [1.54, 1.807) is 17.6 Å². The summed E-state index contributed by atoms with van der Waals surface area (Å²) in [4.78, 5) is 22.7. The first kappa shape index (κ1) is 11.6. The van der Waals surface area contributed by atoms with Crippen molar-refractivity contribution in [3.05, 3.63) is 34.3 Å². The van der Waals surface area contributed by atoms with E-state index >= 15 is 0 Å². The maximum Gasteiger partial charge on any atom is 0.420 e. The molecule has 0 amide bonds. The maximum atomic E-state index is 11.6. The van der Waals surface area contributed by atoms with Crippen molar-refractivity contribution in [2.24, 2.45) is 0 Å². The summed E-state index contributed by atoms with van der Waals surface area (Å²) < 4.78 is 6.74. The van der Waals surface area contributed by atoms with Crippen LogP contribution in [0.2, 0.25) is 0 Å². The predicted molar refractivity (Wildman–Crippen MR) is 65.2 cm³/mol. The molecule has 0 spiro atoms. The van der Waals surface area contributed by atoms with Crippen LogP contribution in [0.4, 0.5) is 0 Å². The number of carbonyl (C=O) groups is 1. The van der Waals surface area contributed by atoms with E-state index in [9.17, 15) is 9.59 Å². The molecule has 0 radical (unpaired) electrons. The van der Waals surface area contributed by atoms with Gasteiger partial charge in [-0.15, -0.1) is 0 Å². The summed E-state index contributed by atoms with van der Waals surface area (Å²) in [6, 6.07) is 5.45. The molecule has 4 heteroatoms. The molecule has 0 fully saturated rings. The van der Waals surface area contributed by atoms with Gasteiger partial charge in [-0.1, -0.05) is 6.07 Å². The van der Waals surface area contributed by atoms with E-state index in [1.807, 2.05) is 26.0 Å². The molecule has 1 aromatic carbocycles. The van der Waals surface area contributed by atoms with Crippen molar-refractivity contribution in [3.63, 3.8) is 0 Å². The molecule has 4 nitrogen and oxygen atoms in total. The van der Waals surface area contributed by atoms with Crippen molar-refractivity contribution < 1.29 is 9.21 Å². The number of hydrogen-bond acceptors (Lipinski definition) is 3. The van der Waals surface area contributed by atoms with Gasteiger partial charge in [0.1, 0.15) is 5.78 Å². The molecule has 1 heterocycles. The van der Waals surface area contributed by atoms with E-state index in [2.05, 4.69) is 0 Å². The SMILES string of the molecule is CC(=O)Cc1ccc2oc(=O)n(C(C)C)c2c1. The van der Waals surface area contributed by atoms with Gasteiger partial charge in [-0.05, 0) is 38.5 Å². The summed E-state index contributed by atoms with van der Waals surface area (Å²) in [6.07, 6.45) is 0.382. The van der Waals surface area contributed by atoms with Crippen molar-refractivity contribution in [2.45, 2.75) is 33.2 Å². The maximum absolute atomic E-state index is 11.6. The average molecular weight is 233 g/mol. The third-order valence-corrected chi connectivity index (χ3v) is 2.65. The summed E-state index contributed by atoms with van der Waals surface area (Å²) in [5, 5.41) is 0. The van der Waals surface area contributed by atoms with E-state index in [4.69, 9.17) is 4.42 Å². The molecule has 2 rings (SSSR count). The fourth-order valence-corrected chi connectivity index (χ4v) is 1.97. The van der Waals surface area contributed by atoms with Crippen molar-refractivity contribution in [1.29, 1.82) is 0 Å².